The lowest BCUT2D eigenvalue weighted by Gasteiger charge is -2.25. The highest BCUT2D eigenvalue weighted by Crippen LogP contribution is 2.31. The van der Waals surface area contributed by atoms with Crippen molar-refractivity contribution in [2.75, 3.05) is 25.6 Å². The molecule has 0 amide bonds. The standard InChI is InChI=1S/C25H24BrN3O3S/c1-5-32-24(31)21-15(2)27-25-29(22(21)17-8-12-19(13-9-17)28(3)4)23(30)20(33-25)14-16-6-10-18(26)11-7-16/h6-14,22H,5H2,1-4H3/b20-14-/t22-/m0/s1. The van der Waals surface area contributed by atoms with Gasteiger partial charge in [-0.1, -0.05) is 51.5 Å². The normalized spacial score (nSPS) is 15.8. The largest absolute Gasteiger partial charge is 0.463 e. The van der Waals surface area contributed by atoms with Crippen molar-refractivity contribution in [1.29, 1.82) is 0 Å². The fourth-order valence-corrected chi connectivity index (χ4v) is 5.08. The van der Waals surface area contributed by atoms with E-state index in [1.165, 1.54) is 11.3 Å². The summed E-state index contributed by atoms with van der Waals surface area (Å²) in [4.78, 5) is 33.7. The molecule has 170 valence electrons. The lowest BCUT2D eigenvalue weighted by molar-refractivity contribution is -0.139. The van der Waals surface area contributed by atoms with Gasteiger partial charge in [-0.2, -0.15) is 0 Å². The molecule has 8 heteroatoms. The number of nitrogens with zero attached hydrogens (tertiary/aromatic N) is 3. The van der Waals surface area contributed by atoms with Gasteiger partial charge in [-0.3, -0.25) is 9.36 Å². The minimum Gasteiger partial charge on any atom is -0.463 e. The first kappa shape index (κ1) is 23.2. The zero-order valence-electron chi connectivity index (χ0n) is 18.8. The molecule has 0 saturated carbocycles. The maximum absolute atomic E-state index is 13.6. The van der Waals surface area contributed by atoms with Gasteiger partial charge in [0.1, 0.15) is 0 Å². The maximum atomic E-state index is 13.6. The summed E-state index contributed by atoms with van der Waals surface area (Å²) in [6.07, 6.45) is 1.85. The van der Waals surface area contributed by atoms with Gasteiger partial charge < -0.3 is 9.64 Å². The minimum absolute atomic E-state index is 0.183. The molecule has 1 aliphatic heterocycles. The number of hydrogen-bond donors (Lipinski definition) is 0. The molecule has 1 atom stereocenters. The Bertz CT molecular complexity index is 1400. The molecule has 1 aliphatic rings. The van der Waals surface area contributed by atoms with Crippen LogP contribution in [0.1, 0.15) is 31.0 Å². The van der Waals surface area contributed by atoms with E-state index in [-0.39, 0.29) is 12.2 Å². The molecule has 1 aromatic heterocycles. The van der Waals surface area contributed by atoms with Crippen LogP contribution in [0.25, 0.3) is 6.08 Å². The Labute approximate surface area is 204 Å². The number of carbonyl (C=O) groups is 1. The number of ether oxygens (including phenoxy) is 1. The van der Waals surface area contributed by atoms with Crippen molar-refractivity contribution in [2.24, 2.45) is 4.99 Å². The third-order valence-electron chi connectivity index (χ3n) is 5.41. The number of benzene rings is 2. The molecule has 2 aromatic carbocycles. The van der Waals surface area contributed by atoms with Crippen molar-refractivity contribution in [2.45, 2.75) is 19.9 Å². The Morgan fingerprint density at radius 2 is 1.85 bits per heavy atom. The maximum Gasteiger partial charge on any atom is 0.338 e. The van der Waals surface area contributed by atoms with E-state index in [2.05, 4.69) is 20.9 Å². The first-order valence-electron chi connectivity index (χ1n) is 10.5. The second-order valence-corrected chi connectivity index (χ2v) is 9.76. The first-order chi connectivity index (χ1) is 15.8. The van der Waals surface area contributed by atoms with E-state index < -0.39 is 12.0 Å². The highest BCUT2D eigenvalue weighted by Gasteiger charge is 2.33. The van der Waals surface area contributed by atoms with E-state index in [1.54, 1.807) is 18.4 Å². The van der Waals surface area contributed by atoms with E-state index in [0.717, 1.165) is 21.3 Å². The summed E-state index contributed by atoms with van der Waals surface area (Å²) in [7, 11) is 3.93. The molecule has 0 bridgehead atoms. The Morgan fingerprint density at radius 1 is 1.18 bits per heavy atom. The van der Waals surface area contributed by atoms with Crippen LogP contribution in [0.15, 0.2) is 74.1 Å². The van der Waals surface area contributed by atoms with Gasteiger partial charge in [0.2, 0.25) is 0 Å². The van der Waals surface area contributed by atoms with Gasteiger partial charge >= 0.3 is 5.97 Å². The SMILES string of the molecule is CCOC(=O)C1=C(C)N=c2s/c(=C\c3ccc(Br)cc3)c(=O)n2[C@H]1c1ccc(N(C)C)cc1. The third-order valence-corrected chi connectivity index (χ3v) is 6.92. The Balaban J connectivity index is 1.92. The number of rotatable bonds is 5. The van der Waals surface area contributed by atoms with Crippen molar-refractivity contribution in [3.8, 4) is 0 Å². The van der Waals surface area contributed by atoms with Gasteiger partial charge in [-0.05, 0) is 55.3 Å². The van der Waals surface area contributed by atoms with Gasteiger partial charge in [-0.15, -0.1) is 0 Å². The molecule has 0 fully saturated rings. The lowest BCUT2D eigenvalue weighted by Crippen LogP contribution is -2.39. The quantitative estimate of drug-likeness (QED) is 0.477. The Hall–Kier alpha value is -2.97. The Kier molecular flexibility index (Phi) is 6.67. The number of fused-ring (bicyclic) bond motifs is 1. The highest BCUT2D eigenvalue weighted by molar-refractivity contribution is 9.10. The molecule has 0 saturated heterocycles. The van der Waals surface area contributed by atoms with Crippen LogP contribution in [0.4, 0.5) is 5.69 Å². The van der Waals surface area contributed by atoms with E-state index in [1.807, 2.05) is 73.6 Å². The molecule has 0 N–H and O–H groups in total. The molecular formula is C25H24BrN3O3S. The van der Waals surface area contributed by atoms with Crippen LogP contribution in [0, 0.1) is 0 Å². The van der Waals surface area contributed by atoms with Crippen LogP contribution in [0.3, 0.4) is 0 Å². The monoisotopic (exact) mass is 525 g/mol. The number of carbonyl (C=O) groups excluding carboxylic acids is 1. The van der Waals surface area contributed by atoms with Crippen molar-refractivity contribution in [1.82, 2.24) is 4.57 Å². The molecule has 0 aliphatic carbocycles. The van der Waals surface area contributed by atoms with Gasteiger partial charge in [0.05, 0.1) is 28.5 Å². The van der Waals surface area contributed by atoms with Gasteiger partial charge in [0, 0.05) is 24.3 Å². The summed E-state index contributed by atoms with van der Waals surface area (Å²) in [6, 6.07) is 15.0. The third kappa shape index (κ3) is 4.58. The molecule has 4 rings (SSSR count). The average molecular weight is 526 g/mol. The van der Waals surface area contributed by atoms with E-state index in [4.69, 9.17) is 4.74 Å². The van der Waals surface area contributed by atoms with E-state index in [9.17, 15) is 9.59 Å². The molecule has 6 nitrogen and oxygen atoms in total. The number of aromatic nitrogens is 1. The second-order valence-electron chi connectivity index (χ2n) is 7.84. The van der Waals surface area contributed by atoms with E-state index in [0.29, 0.717) is 20.6 Å². The summed E-state index contributed by atoms with van der Waals surface area (Å²) < 4.78 is 8.48. The predicted octanol–water partition coefficient (Wildman–Crippen LogP) is 3.63. The summed E-state index contributed by atoms with van der Waals surface area (Å²) in [5, 5.41) is 0. The topological polar surface area (TPSA) is 63.9 Å². The van der Waals surface area contributed by atoms with Crippen molar-refractivity contribution in [3.63, 3.8) is 0 Å². The molecular weight excluding hydrogens is 502 g/mol. The molecule has 0 spiro atoms. The summed E-state index contributed by atoms with van der Waals surface area (Å²) >= 11 is 4.75. The first-order valence-corrected chi connectivity index (χ1v) is 12.1. The fraction of sp³-hybridized carbons (Fsp3) is 0.240. The molecule has 0 radical (unpaired) electrons. The van der Waals surface area contributed by atoms with Crippen LogP contribution in [-0.2, 0) is 9.53 Å². The summed E-state index contributed by atoms with van der Waals surface area (Å²) in [5.74, 6) is -0.456. The molecule has 3 aromatic rings. The Morgan fingerprint density at radius 3 is 2.45 bits per heavy atom. The van der Waals surface area contributed by atoms with Crippen molar-refractivity contribution in [3.05, 3.63) is 95.1 Å². The van der Waals surface area contributed by atoms with Gasteiger partial charge in [0.25, 0.3) is 5.56 Å². The zero-order chi connectivity index (χ0) is 23.7. The average Bonchev–Trinajstić information content (AvgIpc) is 3.09. The van der Waals surface area contributed by atoms with Crippen LogP contribution < -0.4 is 19.8 Å². The number of thiazole rings is 1. The predicted molar refractivity (Wildman–Crippen MR) is 135 cm³/mol. The van der Waals surface area contributed by atoms with Crippen LogP contribution >= 0.6 is 27.3 Å². The fourth-order valence-electron chi connectivity index (χ4n) is 3.77. The number of esters is 1. The summed E-state index contributed by atoms with van der Waals surface area (Å²) in [5.41, 5.74) is 3.53. The lowest BCUT2D eigenvalue weighted by atomic mass is 9.95. The summed E-state index contributed by atoms with van der Waals surface area (Å²) in [6.45, 7) is 3.80. The van der Waals surface area contributed by atoms with E-state index >= 15 is 0 Å². The smallest absolute Gasteiger partial charge is 0.338 e. The minimum atomic E-state index is -0.608. The van der Waals surface area contributed by atoms with Crippen molar-refractivity contribution < 1.29 is 9.53 Å². The number of anilines is 1. The second kappa shape index (κ2) is 9.49. The number of halogens is 1. The molecule has 2 heterocycles. The van der Waals surface area contributed by atoms with Gasteiger partial charge in [-0.25, -0.2) is 9.79 Å². The zero-order valence-corrected chi connectivity index (χ0v) is 21.2. The van der Waals surface area contributed by atoms with Crippen LogP contribution in [0.5, 0.6) is 0 Å². The molecule has 0 unspecified atom stereocenters. The van der Waals surface area contributed by atoms with Crippen molar-refractivity contribution >= 4 is 45.0 Å². The van der Waals surface area contributed by atoms with Crippen LogP contribution in [-0.4, -0.2) is 31.2 Å². The van der Waals surface area contributed by atoms with Crippen LogP contribution in [0.2, 0.25) is 0 Å². The number of allylic oxidation sites excluding steroid dienone is 1. The molecule has 33 heavy (non-hydrogen) atoms. The van der Waals surface area contributed by atoms with Gasteiger partial charge in [0.15, 0.2) is 4.80 Å². The number of hydrogen-bond acceptors (Lipinski definition) is 6. The highest BCUT2D eigenvalue weighted by atomic mass is 79.9.